The van der Waals surface area contributed by atoms with Crippen LogP contribution in [-0.2, 0) is 0 Å². The van der Waals surface area contributed by atoms with Gasteiger partial charge in [0.2, 0.25) is 0 Å². The van der Waals surface area contributed by atoms with Gasteiger partial charge in [0.1, 0.15) is 12.5 Å². The maximum atomic E-state index is 5.84. The summed E-state index contributed by atoms with van der Waals surface area (Å²) >= 11 is 0. The summed E-state index contributed by atoms with van der Waals surface area (Å²) in [5.41, 5.74) is 1.37. The van der Waals surface area contributed by atoms with Crippen LogP contribution in [0.15, 0.2) is 24.3 Å². The summed E-state index contributed by atoms with van der Waals surface area (Å²) in [5.74, 6) is 2.45. The fourth-order valence-electron chi connectivity index (χ4n) is 2.31. The summed E-state index contributed by atoms with van der Waals surface area (Å²) < 4.78 is 5.84. The lowest BCUT2D eigenvalue weighted by molar-refractivity contribution is 0.0914. The second-order valence-corrected chi connectivity index (χ2v) is 5.80. The Morgan fingerprint density at radius 2 is 1.78 bits per heavy atom. The Morgan fingerprint density at radius 1 is 1.17 bits per heavy atom. The van der Waals surface area contributed by atoms with E-state index in [-0.39, 0.29) is 0 Å². The van der Waals surface area contributed by atoms with Crippen LogP contribution in [0, 0.1) is 5.92 Å². The van der Waals surface area contributed by atoms with Crippen LogP contribution in [0.25, 0.3) is 0 Å². The Labute approximate surface area is 111 Å². The first kappa shape index (κ1) is 13.4. The van der Waals surface area contributed by atoms with Crippen molar-refractivity contribution in [1.29, 1.82) is 0 Å². The third-order valence-electron chi connectivity index (χ3n) is 3.84. The average molecular weight is 247 g/mol. The molecule has 18 heavy (non-hydrogen) atoms. The van der Waals surface area contributed by atoms with Crippen LogP contribution in [0.1, 0.15) is 45.1 Å². The fourth-order valence-corrected chi connectivity index (χ4v) is 2.31. The lowest BCUT2D eigenvalue weighted by Crippen LogP contribution is -2.35. The largest absolute Gasteiger partial charge is 0.478 e. The first-order valence-electron chi connectivity index (χ1n) is 7.10. The molecule has 0 saturated carbocycles. The third-order valence-corrected chi connectivity index (χ3v) is 3.84. The molecule has 1 fully saturated rings. The van der Waals surface area contributed by atoms with E-state index >= 15 is 0 Å². The number of nitrogens with zero attached hydrogens (tertiary/aromatic N) is 1. The van der Waals surface area contributed by atoms with E-state index in [0.29, 0.717) is 5.92 Å². The van der Waals surface area contributed by atoms with Crippen molar-refractivity contribution in [3.8, 4) is 5.75 Å². The topological polar surface area (TPSA) is 12.5 Å². The van der Waals surface area contributed by atoms with E-state index in [9.17, 15) is 0 Å². The molecule has 1 saturated heterocycles. The summed E-state index contributed by atoms with van der Waals surface area (Å²) in [6.45, 7) is 9.84. The highest BCUT2D eigenvalue weighted by molar-refractivity contribution is 5.28. The molecule has 1 heterocycles. The zero-order valence-corrected chi connectivity index (χ0v) is 11.9. The van der Waals surface area contributed by atoms with Crippen LogP contribution in [0.4, 0.5) is 0 Å². The predicted octanol–water partition coefficient (Wildman–Crippen LogP) is 3.88. The lowest BCUT2D eigenvalue weighted by Gasteiger charge is -2.29. The average Bonchev–Trinajstić information content (AvgIpc) is 2.38. The van der Waals surface area contributed by atoms with Crippen molar-refractivity contribution in [2.75, 3.05) is 19.8 Å². The van der Waals surface area contributed by atoms with Gasteiger partial charge in [0.05, 0.1) is 0 Å². The van der Waals surface area contributed by atoms with Gasteiger partial charge in [0, 0.05) is 13.1 Å². The Morgan fingerprint density at radius 3 is 2.33 bits per heavy atom. The Hall–Kier alpha value is -1.02. The molecule has 0 atom stereocenters. The lowest BCUT2D eigenvalue weighted by atomic mass is 10.00. The molecule has 0 aliphatic carbocycles. The number of likely N-dealkylation sites (tertiary alicyclic amines) is 1. The second-order valence-electron chi connectivity index (χ2n) is 5.80. The van der Waals surface area contributed by atoms with Gasteiger partial charge in [-0.25, -0.2) is 0 Å². The van der Waals surface area contributed by atoms with Crippen LogP contribution in [0.2, 0.25) is 0 Å². The molecule has 0 N–H and O–H groups in total. The molecule has 0 spiro atoms. The summed E-state index contributed by atoms with van der Waals surface area (Å²) in [6.07, 6.45) is 2.60. The normalized spacial score (nSPS) is 18.2. The summed E-state index contributed by atoms with van der Waals surface area (Å²) in [7, 11) is 0. The Balaban J connectivity index is 1.79. The van der Waals surface area contributed by atoms with E-state index in [2.05, 4.69) is 49.9 Å². The molecule has 2 nitrogen and oxygen atoms in total. The van der Waals surface area contributed by atoms with Crippen molar-refractivity contribution in [1.82, 2.24) is 4.90 Å². The maximum absolute atomic E-state index is 5.84. The molecule has 0 aromatic heterocycles. The van der Waals surface area contributed by atoms with Crippen LogP contribution in [0.3, 0.4) is 0 Å². The zero-order chi connectivity index (χ0) is 13.0. The number of piperidine rings is 1. The fraction of sp³-hybridized carbons (Fsp3) is 0.625. The monoisotopic (exact) mass is 247 g/mol. The minimum absolute atomic E-state index is 0.586. The first-order chi connectivity index (χ1) is 8.65. The van der Waals surface area contributed by atoms with Gasteiger partial charge in [-0.3, -0.25) is 4.90 Å². The van der Waals surface area contributed by atoms with Crippen molar-refractivity contribution in [3.05, 3.63) is 29.8 Å². The third kappa shape index (κ3) is 3.74. The van der Waals surface area contributed by atoms with E-state index in [1.807, 2.05) is 0 Å². The molecule has 0 radical (unpaired) electrons. The van der Waals surface area contributed by atoms with Gasteiger partial charge in [-0.05, 0) is 42.4 Å². The molecule has 1 aliphatic heterocycles. The molecule has 1 aliphatic rings. The standard InChI is InChI=1S/C16H25NO/c1-13(2)15-4-6-16(7-5-15)18-12-17-10-8-14(3)9-11-17/h4-7,13-14H,8-12H2,1-3H3. The highest BCUT2D eigenvalue weighted by atomic mass is 16.5. The van der Waals surface area contributed by atoms with Crippen molar-refractivity contribution in [2.24, 2.45) is 5.92 Å². The molecule has 100 valence electrons. The van der Waals surface area contributed by atoms with Crippen LogP contribution >= 0.6 is 0 Å². The molecule has 1 aromatic carbocycles. The molecular weight excluding hydrogens is 222 g/mol. The smallest absolute Gasteiger partial charge is 0.142 e. The van der Waals surface area contributed by atoms with Gasteiger partial charge in [0.15, 0.2) is 0 Å². The van der Waals surface area contributed by atoms with E-state index in [4.69, 9.17) is 4.74 Å². The Bertz CT molecular complexity index is 350. The molecule has 0 bridgehead atoms. The number of rotatable bonds is 4. The summed E-state index contributed by atoms with van der Waals surface area (Å²) in [5, 5.41) is 0. The second kappa shape index (κ2) is 6.24. The number of hydrogen-bond donors (Lipinski definition) is 0. The van der Waals surface area contributed by atoms with Crippen LogP contribution in [-0.4, -0.2) is 24.7 Å². The number of hydrogen-bond acceptors (Lipinski definition) is 2. The molecule has 0 amide bonds. The zero-order valence-electron chi connectivity index (χ0n) is 11.9. The van der Waals surface area contributed by atoms with Crippen molar-refractivity contribution >= 4 is 0 Å². The van der Waals surface area contributed by atoms with E-state index < -0.39 is 0 Å². The highest BCUT2D eigenvalue weighted by Gasteiger charge is 2.15. The minimum atomic E-state index is 0.586. The molecule has 0 unspecified atom stereocenters. The Kier molecular flexibility index (Phi) is 4.65. The molecular formula is C16H25NO. The van der Waals surface area contributed by atoms with E-state index in [1.54, 1.807) is 0 Å². The quantitative estimate of drug-likeness (QED) is 0.800. The van der Waals surface area contributed by atoms with Gasteiger partial charge in [0.25, 0.3) is 0 Å². The van der Waals surface area contributed by atoms with Gasteiger partial charge < -0.3 is 4.74 Å². The van der Waals surface area contributed by atoms with E-state index in [1.165, 1.54) is 31.5 Å². The first-order valence-corrected chi connectivity index (χ1v) is 7.10. The van der Waals surface area contributed by atoms with Crippen LogP contribution in [0.5, 0.6) is 5.75 Å². The van der Waals surface area contributed by atoms with Crippen LogP contribution < -0.4 is 4.74 Å². The van der Waals surface area contributed by atoms with Crippen molar-refractivity contribution in [3.63, 3.8) is 0 Å². The molecule has 1 aromatic rings. The SMILES string of the molecule is CC1CCN(COc2ccc(C(C)C)cc2)CC1. The number of ether oxygens (including phenoxy) is 1. The molecule has 2 heteroatoms. The van der Waals surface area contributed by atoms with Gasteiger partial charge >= 0.3 is 0 Å². The number of benzene rings is 1. The van der Waals surface area contributed by atoms with Gasteiger partial charge in [-0.15, -0.1) is 0 Å². The van der Waals surface area contributed by atoms with Crippen molar-refractivity contribution < 1.29 is 4.74 Å². The van der Waals surface area contributed by atoms with Gasteiger partial charge in [-0.2, -0.15) is 0 Å². The minimum Gasteiger partial charge on any atom is -0.478 e. The summed E-state index contributed by atoms with van der Waals surface area (Å²) in [6, 6.07) is 8.50. The molecule has 2 rings (SSSR count). The van der Waals surface area contributed by atoms with Gasteiger partial charge in [-0.1, -0.05) is 32.9 Å². The maximum Gasteiger partial charge on any atom is 0.142 e. The predicted molar refractivity (Wildman–Crippen MR) is 76.0 cm³/mol. The highest BCUT2D eigenvalue weighted by Crippen LogP contribution is 2.20. The van der Waals surface area contributed by atoms with Crippen molar-refractivity contribution in [2.45, 2.75) is 39.5 Å². The van der Waals surface area contributed by atoms with E-state index in [0.717, 1.165) is 18.4 Å². The summed E-state index contributed by atoms with van der Waals surface area (Å²) in [4.78, 5) is 2.40.